The first-order valence-corrected chi connectivity index (χ1v) is 5.83. The maximum Gasteiger partial charge on any atom is 0.0133 e. The Morgan fingerprint density at radius 1 is 1.46 bits per heavy atom. The van der Waals surface area contributed by atoms with Crippen LogP contribution in [0.15, 0.2) is 24.3 Å². The van der Waals surface area contributed by atoms with Crippen molar-refractivity contribution in [2.45, 2.75) is 25.3 Å². The Kier molecular flexibility index (Phi) is 2.89. The number of rotatable bonds is 3. The van der Waals surface area contributed by atoms with Gasteiger partial charge in [0.05, 0.1) is 0 Å². The van der Waals surface area contributed by atoms with Crippen molar-refractivity contribution < 1.29 is 0 Å². The zero-order valence-corrected chi connectivity index (χ0v) is 9.70. The van der Waals surface area contributed by atoms with Crippen molar-refractivity contribution in [1.29, 1.82) is 0 Å². The molecule has 1 unspecified atom stereocenters. The molecule has 0 bridgehead atoms. The van der Waals surface area contributed by atoms with E-state index in [1.807, 2.05) is 0 Å². The van der Waals surface area contributed by atoms with Crippen molar-refractivity contribution in [1.82, 2.24) is 0 Å². The summed E-state index contributed by atoms with van der Waals surface area (Å²) in [5, 5.41) is 0. The van der Waals surface area contributed by atoms with E-state index in [2.05, 4.69) is 46.9 Å². The average Bonchev–Trinajstić information content (AvgIpc) is 2.85. The van der Waals surface area contributed by atoms with Gasteiger partial charge in [0.25, 0.3) is 0 Å². The van der Waals surface area contributed by atoms with Gasteiger partial charge in [-0.05, 0) is 65.5 Å². The lowest BCUT2D eigenvalue weighted by Crippen LogP contribution is -2.24. The second kappa shape index (κ2) is 3.96. The van der Waals surface area contributed by atoms with Crippen LogP contribution >= 0.6 is 22.6 Å². The Bertz CT molecular complexity index is 294. The first-order chi connectivity index (χ1) is 6.25. The molecule has 1 aliphatic rings. The van der Waals surface area contributed by atoms with E-state index in [0.29, 0.717) is 6.04 Å². The minimum Gasteiger partial charge on any atom is -0.327 e. The maximum absolute atomic E-state index is 6.06. The molecule has 0 spiro atoms. The van der Waals surface area contributed by atoms with Gasteiger partial charge in [-0.1, -0.05) is 12.1 Å². The number of nitrogens with two attached hydrogens (primary N) is 1. The molecule has 0 heterocycles. The Labute approximate surface area is 92.9 Å². The van der Waals surface area contributed by atoms with Gasteiger partial charge in [0.15, 0.2) is 0 Å². The Hall–Kier alpha value is -0.0900. The molecule has 0 aromatic heterocycles. The van der Waals surface area contributed by atoms with Gasteiger partial charge < -0.3 is 5.73 Å². The molecule has 1 atom stereocenters. The van der Waals surface area contributed by atoms with Gasteiger partial charge in [-0.15, -0.1) is 0 Å². The van der Waals surface area contributed by atoms with Gasteiger partial charge in [0, 0.05) is 9.61 Å². The molecule has 1 aliphatic carbocycles. The highest BCUT2D eigenvalue weighted by Crippen LogP contribution is 2.32. The second-order valence-electron chi connectivity index (χ2n) is 3.84. The third-order valence-corrected chi connectivity index (χ3v) is 3.26. The predicted molar refractivity (Wildman–Crippen MR) is 63.6 cm³/mol. The topological polar surface area (TPSA) is 26.0 Å². The summed E-state index contributed by atoms with van der Waals surface area (Å²) in [7, 11) is 0. The molecular formula is C11H14IN. The Balaban J connectivity index is 2.00. The third-order valence-electron chi connectivity index (χ3n) is 2.59. The number of benzene rings is 1. The van der Waals surface area contributed by atoms with Crippen LogP contribution in [0.3, 0.4) is 0 Å². The molecule has 0 saturated heterocycles. The first kappa shape index (κ1) is 9.46. The monoisotopic (exact) mass is 287 g/mol. The van der Waals surface area contributed by atoms with Crippen molar-refractivity contribution >= 4 is 22.6 Å². The normalized spacial score (nSPS) is 18.6. The fraction of sp³-hybridized carbons (Fsp3) is 0.455. The highest BCUT2D eigenvalue weighted by Gasteiger charge is 2.28. The zero-order chi connectivity index (χ0) is 9.26. The Morgan fingerprint density at radius 2 is 2.23 bits per heavy atom. The van der Waals surface area contributed by atoms with Gasteiger partial charge in [0.1, 0.15) is 0 Å². The SMILES string of the molecule is NC(Cc1cccc(I)c1)C1CC1. The minimum absolute atomic E-state index is 0.387. The van der Waals surface area contributed by atoms with Gasteiger partial charge in [-0.2, -0.15) is 0 Å². The van der Waals surface area contributed by atoms with Gasteiger partial charge in [0.2, 0.25) is 0 Å². The number of halogens is 1. The fourth-order valence-corrected chi connectivity index (χ4v) is 2.23. The van der Waals surface area contributed by atoms with Crippen LogP contribution < -0.4 is 5.73 Å². The van der Waals surface area contributed by atoms with E-state index in [4.69, 9.17) is 5.73 Å². The standard InChI is InChI=1S/C11H14IN/c12-10-3-1-2-8(6-10)7-11(13)9-4-5-9/h1-3,6,9,11H,4-5,7,13H2. The van der Waals surface area contributed by atoms with Crippen LogP contribution in [0.1, 0.15) is 18.4 Å². The molecule has 0 aliphatic heterocycles. The highest BCUT2D eigenvalue weighted by atomic mass is 127. The lowest BCUT2D eigenvalue weighted by Gasteiger charge is -2.09. The quantitative estimate of drug-likeness (QED) is 0.850. The van der Waals surface area contributed by atoms with Crippen LogP contribution in [0.5, 0.6) is 0 Å². The molecule has 2 N–H and O–H groups in total. The van der Waals surface area contributed by atoms with Crippen LogP contribution in [-0.2, 0) is 6.42 Å². The fourth-order valence-electron chi connectivity index (χ4n) is 1.63. The van der Waals surface area contributed by atoms with Gasteiger partial charge >= 0.3 is 0 Å². The van der Waals surface area contributed by atoms with Gasteiger partial charge in [-0.3, -0.25) is 0 Å². The summed E-state index contributed by atoms with van der Waals surface area (Å²) >= 11 is 2.34. The summed E-state index contributed by atoms with van der Waals surface area (Å²) < 4.78 is 1.30. The molecule has 1 aromatic carbocycles. The van der Waals surface area contributed by atoms with Crippen LogP contribution in [0.25, 0.3) is 0 Å². The maximum atomic E-state index is 6.06. The highest BCUT2D eigenvalue weighted by molar-refractivity contribution is 14.1. The van der Waals surface area contributed by atoms with Crippen LogP contribution in [-0.4, -0.2) is 6.04 Å². The van der Waals surface area contributed by atoms with Crippen LogP contribution in [0.4, 0.5) is 0 Å². The van der Waals surface area contributed by atoms with Crippen molar-refractivity contribution in [3.05, 3.63) is 33.4 Å². The number of hydrogen-bond donors (Lipinski definition) is 1. The van der Waals surface area contributed by atoms with Crippen LogP contribution in [0.2, 0.25) is 0 Å². The van der Waals surface area contributed by atoms with E-state index in [1.54, 1.807) is 0 Å². The lowest BCUT2D eigenvalue weighted by atomic mass is 10.0. The molecule has 1 aromatic rings. The molecular weight excluding hydrogens is 273 g/mol. The molecule has 70 valence electrons. The van der Waals surface area contributed by atoms with E-state index in [9.17, 15) is 0 Å². The molecule has 2 heteroatoms. The molecule has 13 heavy (non-hydrogen) atoms. The smallest absolute Gasteiger partial charge is 0.0133 e. The summed E-state index contributed by atoms with van der Waals surface area (Å²) in [4.78, 5) is 0. The van der Waals surface area contributed by atoms with Crippen molar-refractivity contribution in [2.75, 3.05) is 0 Å². The molecule has 1 fully saturated rings. The molecule has 0 radical (unpaired) electrons. The lowest BCUT2D eigenvalue weighted by molar-refractivity contribution is 0.591. The largest absolute Gasteiger partial charge is 0.327 e. The summed E-state index contributed by atoms with van der Waals surface area (Å²) in [6.07, 6.45) is 3.72. The van der Waals surface area contributed by atoms with Crippen molar-refractivity contribution in [2.24, 2.45) is 11.7 Å². The van der Waals surface area contributed by atoms with Gasteiger partial charge in [-0.25, -0.2) is 0 Å². The summed E-state index contributed by atoms with van der Waals surface area (Å²) in [6, 6.07) is 9.01. The second-order valence-corrected chi connectivity index (χ2v) is 5.08. The van der Waals surface area contributed by atoms with E-state index < -0.39 is 0 Å². The molecule has 2 rings (SSSR count). The minimum atomic E-state index is 0.387. The van der Waals surface area contributed by atoms with E-state index in [-0.39, 0.29) is 0 Å². The first-order valence-electron chi connectivity index (χ1n) is 4.76. The van der Waals surface area contributed by atoms with E-state index in [0.717, 1.165) is 12.3 Å². The summed E-state index contributed by atoms with van der Waals surface area (Å²) in [6.45, 7) is 0. The molecule has 1 saturated carbocycles. The Morgan fingerprint density at radius 3 is 2.85 bits per heavy atom. The van der Waals surface area contributed by atoms with Crippen molar-refractivity contribution in [3.8, 4) is 0 Å². The summed E-state index contributed by atoms with van der Waals surface area (Å²) in [5.74, 6) is 0.804. The molecule has 1 nitrogen and oxygen atoms in total. The van der Waals surface area contributed by atoms with E-state index >= 15 is 0 Å². The predicted octanol–water partition coefficient (Wildman–Crippen LogP) is 2.57. The molecule has 0 amide bonds. The number of hydrogen-bond acceptors (Lipinski definition) is 1. The van der Waals surface area contributed by atoms with E-state index in [1.165, 1.54) is 22.0 Å². The zero-order valence-electron chi connectivity index (χ0n) is 7.54. The summed E-state index contributed by atoms with van der Waals surface area (Å²) in [5.41, 5.74) is 7.44. The van der Waals surface area contributed by atoms with Crippen LogP contribution in [0, 0.1) is 9.49 Å². The average molecular weight is 287 g/mol. The van der Waals surface area contributed by atoms with Crippen molar-refractivity contribution in [3.63, 3.8) is 0 Å². The third kappa shape index (κ3) is 2.68.